The molecule has 0 radical (unpaired) electrons. The van der Waals surface area contributed by atoms with Crippen LogP contribution >= 0.6 is 11.6 Å². The highest BCUT2D eigenvalue weighted by atomic mass is 35.5. The molecule has 3 rings (SSSR count). The van der Waals surface area contributed by atoms with Crippen LogP contribution in [0, 0.1) is 20.8 Å². The van der Waals surface area contributed by atoms with Crippen molar-refractivity contribution in [3.05, 3.63) is 46.4 Å². The van der Waals surface area contributed by atoms with Gasteiger partial charge in [0.25, 0.3) is 15.9 Å². The van der Waals surface area contributed by atoms with Crippen LogP contribution in [0.3, 0.4) is 0 Å². The number of nitrogens with zero attached hydrogens (tertiary/aromatic N) is 3. The fourth-order valence-corrected chi connectivity index (χ4v) is 4.47. The first-order chi connectivity index (χ1) is 11.7. The molecule has 0 aliphatic rings. The minimum absolute atomic E-state index is 0.191. The van der Waals surface area contributed by atoms with Crippen molar-refractivity contribution in [2.24, 2.45) is 7.05 Å². The monoisotopic (exact) mass is 380 g/mol. The third-order valence-electron chi connectivity index (χ3n) is 3.96. The molecule has 9 heteroatoms. The summed E-state index contributed by atoms with van der Waals surface area (Å²) in [5.41, 5.74) is 2.13. The molecule has 25 heavy (non-hydrogen) atoms. The quantitative estimate of drug-likeness (QED) is 0.748. The molecule has 0 aliphatic carbocycles. The second-order valence-electron chi connectivity index (χ2n) is 5.69. The van der Waals surface area contributed by atoms with Crippen molar-refractivity contribution in [1.29, 1.82) is 0 Å². The smallest absolute Gasteiger partial charge is 0.264 e. The van der Waals surface area contributed by atoms with E-state index in [2.05, 4.69) is 14.9 Å². The van der Waals surface area contributed by atoms with Gasteiger partial charge in [0, 0.05) is 35.9 Å². The lowest BCUT2D eigenvalue weighted by atomic mass is 10.2. The minimum Gasteiger partial charge on any atom is -0.420 e. The van der Waals surface area contributed by atoms with E-state index in [-0.39, 0.29) is 10.8 Å². The van der Waals surface area contributed by atoms with Gasteiger partial charge in [0.1, 0.15) is 10.6 Å². The molecule has 0 spiro atoms. The number of anilines is 1. The molecule has 132 valence electrons. The van der Waals surface area contributed by atoms with Gasteiger partial charge in [-0.2, -0.15) is 0 Å². The molecule has 1 N–H and O–H groups in total. The predicted octanol–water partition coefficient (Wildman–Crippen LogP) is 3.45. The van der Waals surface area contributed by atoms with Crippen LogP contribution in [-0.2, 0) is 17.1 Å². The third-order valence-corrected chi connectivity index (χ3v) is 5.85. The van der Waals surface area contributed by atoms with Gasteiger partial charge in [-0.15, -0.1) is 10.2 Å². The van der Waals surface area contributed by atoms with Crippen molar-refractivity contribution < 1.29 is 12.8 Å². The molecule has 0 aliphatic heterocycles. The average molecular weight is 381 g/mol. The Morgan fingerprint density at radius 3 is 2.32 bits per heavy atom. The zero-order valence-corrected chi connectivity index (χ0v) is 15.7. The summed E-state index contributed by atoms with van der Waals surface area (Å²) in [4.78, 5) is 0.191. The van der Waals surface area contributed by atoms with Gasteiger partial charge in [-0.1, -0.05) is 11.6 Å². The second-order valence-corrected chi connectivity index (χ2v) is 7.74. The van der Waals surface area contributed by atoms with E-state index in [9.17, 15) is 8.42 Å². The van der Waals surface area contributed by atoms with Gasteiger partial charge in [-0.3, -0.25) is 4.72 Å². The Morgan fingerprint density at radius 2 is 1.76 bits per heavy atom. The first-order valence-electron chi connectivity index (χ1n) is 7.45. The molecule has 0 unspecified atom stereocenters. The van der Waals surface area contributed by atoms with Crippen molar-refractivity contribution in [2.45, 2.75) is 25.7 Å². The maximum absolute atomic E-state index is 12.9. The number of halogens is 1. The van der Waals surface area contributed by atoms with Gasteiger partial charge in [0.05, 0.1) is 0 Å². The third kappa shape index (κ3) is 3.14. The number of benzene rings is 1. The van der Waals surface area contributed by atoms with Crippen molar-refractivity contribution in [1.82, 2.24) is 14.8 Å². The van der Waals surface area contributed by atoms with Crippen LogP contribution in [0.4, 0.5) is 5.69 Å². The van der Waals surface area contributed by atoms with E-state index < -0.39 is 10.0 Å². The highest BCUT2D eigenvalue weighted by Gasteiger charge is 2.28. The van der Waals surface area contributed by atoms with E-state index in [1.54, 1.807) is 56.7 Å². The number of aryl methyl sites for hydroxylation is 1. The molecule has 0 saturated heterocycles. The second kappa shape index (κ2) is 6.20. The molecular formula is C16H17ClN4O3S. The SMILES string of the molecule is Cc1nnc(-c2c(C)c(S(=O)(=O)Nc3ccc(Cl)cc3)c(C)n2C)o1. The van der Waals surface area contributed by atoms with Crippen LogP contribution in [0.15, 0.2) is 33.6 Å². The zero-order valence-electron chi connectivity index (χ0n) is 14.2. The lowest BCUT2D eigenvalue weighted by Gasteiger charge is -2.09. The number of sulfonamides is 1. The molecule has 3 aromatic rings. The lowest BCUT2D eigenvalue weighted by molar-refractivity contribution is 0.528. The molecule has 0 fully saturated rings. The summed E-state index contributed by atoms with van der Waals surface area (Å²) in [5, 5.41) is 8.35. The fourth-order valence-electron chi connectivity index (χ4n) is 2.77. The topological polar surface area (TPSA) is 90.0 Å². The van der Waals surface area contributed by atoms with Gasteiger partial charge >= 0.3 is 0 Å². The van der Waals surface area contributed by atoms with E-state index in [1.165, 1.54) is 0 Å². The molecule has 2 aromatic heterocycles. The van der Waals surface area contributed by atoms with Crippen LogP contribution in [0.25, 0.3) is 11.6 Å². The van der Waals surface area contributed by atoms with Crippen LogP contribution in [0.5, 0.6) is 0 Å². The summed E-state index contributed by atoms with van der Waals surface area (Å²) in [6.45, 7) is 5.13. The van der Waals surface area contributed by atoms with E-state index >= 15 is 0 Å². The van der Waals surface area contributed by atoms with E-state index in [0.717, 1.165) is 0 Å². The van der Waals surface area contributed by atoms with Crippen LogP contribution < -0.4 is 4.72 Å². The highest BCUT2D eigenvalue weighted by molar-refractivity contribution is 7.92. The maximum Gasteiger partial charge on any atom is 0.264 e. The highest BCUT2D eigenvalue weighted by Crippen LogP contribution is 2.33. The fraction of sp³-hybridized carbons (Fsp3) is 0.250. The Hall–Kier alpha value is -2.32. The Balaban J connectivity index is 2.09. The molecule has 0 amide bonds. The molecule has 1 aromatic carbocycles. The molecule has 7 nitrogen and oxygen atoms in total. The van der Waals surface area contributed by atoms with Crippen LogP contribution in [-0.4, -0.2) is 23.2 Å². The summed E-state index contributed by atoms with van der Waals surface area (Å²) in [6, 6.07) is 6.46. The standard InChI is InChI=1S/C16H17ClN4O3S/c1-9-14(16-19-18-11(3)24-16)21(4)10(2)15(9)25(22,23)20-13-7-5-12(17)6-8-13/h5-8,20H,1-4H3. The van der Waals surface area contributed by atoms with Crippen molar-refractivity contribution in [2.75, 3.05) is 4.72 Å². The van der Waals surface area contributed by atoms with Gasteiger partial charge < -0.3 is 8.98 Å². The van der Waals surface area contributed by atoms with Gasteiger partial charge in [-0.25, -0.2) is 8.42 Å². The maximum atomic E-state index is 12.9. The van der Waals surface area contributed by atoms with E-state index in [1.807, 2.05) is 0 Å². The molecule has 2 heterocycles. The Kier molecular flexibility index (Phi) is 4.34. The van der Waals surface area contributed by atoms with Crippen LogP contribution in [0.2, 0.25) is 5.02 Å². The zero-order chi connectivity index (χ0) is 18.4. The van der Waals surface area contributed by atoms with Gasteiger partial charge in [-0.05, 0) is 38.1 Å². The Morgan fingerprint density at radius 1 is 1.12 bits per heavy atom. The van der Waals surface area contributed by atoms with E-state index in [0.29, 0.717) is 33.6 Å². The average Bonchev–Trinajstić information content (AvgIpc) is 3.04. The normalized spacial score (nSPS) is 11.7. The number of hydrogen-bond acceptors (Lipinski definition) is 5. The summed E-state index contributed by atoms with van der Waals surface area (Å²) in [5.74, 6) is 0.700. The molecular weight excluding hydrogens is 364 g/mol. The number of aromatic nitrogens is 3. The van der Waals surface area contributed by atoms with Crippen molar-refractivity contribution in [3.63, 3.8) is 0 Å². The number of rotatable bonds is 4. The summed E-state index contributed by atoms with van der Waals surface area (Å²) in [7, 11) is -2.03. The summed E-state index contributed by atoms with van der Waals surface area (Å²) < 4.78 is 35.6. The molecule has 0 atom stereocenters. The Labute approximate surface area is 150 Å². The first kappa shape index (κ1) is 17.5. The van der Waals surface area contributed by atoms with Crippen LogP contribution in [0.1, 0.15) is 17.1 Å². The Bertz CT molecular complexity index is 1040. The van der Waals surface area contributed by atoms with Crippen molar-refractivity contribution in [3.8, 4) is 11.6 Å². The lowest BCUT2D eigenvalue weighted by Crippen LogP contribution is -2.14. The minimum atomic E-state index is -3.79. The first-order valence-corrected chi connectivity index (χ1v) is 9.31. The predicted molar refractivity (Wildman–Crippen MR) is 95.2 cm³/mol. The number of hydrogen-bond donors (Lipinski definition) is 1. The molecule has 0 saturated carbocycles. The number of nitrogens with one attached hydrogen (secondary N) is 1. The summed E-state index contributed by atoms with van der Waals surface area (Å²) >= 11 is 5.84. The summed E-state index contributed by atoms with van der Waals surface area (Å²) in [6.07, 6.45) is 0. The van der Waals surface area contributed by atoms with Gasteiger partial charge in [0.2, 0.25) is 5.89 Å². The molecule has 0 bridgehead atoms. The van der Waals surface area contributed by atoms with Gasteiger partial charge in [0.15, 0.2) is 0 Å². The van der Waals surface area contributed by atoms with E-state index in [4.69, 9.17) is 16.0 Å². The largest absolute Gasteiger partial charge is 0.420 e. The van der Waals surface area contributed by atoms with Crippen molar-refractivity contribution >= 4 is 27.3 Å².